The molecule has 0 saturated carbocycles. The molecule has 26 heavy (non-hydrogen) atoms. The van der Waals surface area contributed by atoms with Gasteiger partial charge in [0.25, 0.3) is 0 Å². The standard InChI is InChI=1S/C23H30N2O/c1-19(2)23(26)25(21-11-7-4-8-12-21)22-14-17-24(18-15-22)16-13-20-9-5-3-6-10-20/h3-12,19,22H,13-18H2,1-2H3. The lowest BCUT2D eigenvalue weighted by atomic mass is 9.99. The maximum atomic E-state index is 12.8. The van der Waals surface area contributed by atoms with Gasteiger partial charge >= 0.3 is 0 Å². The summed E-state index contributed by atoms with van der Waals surface area (Å²) in [5, 5.41) is 0. The van der Waals surface area contributed by atoms with Gasteiger partial charge in [-0.05, 0) is 37.0 Å². The summed E-state index contributed by atoms with van der Waals surface area (Å²) in [6, 6.07) is 21.1. The Hall–Kier alpha value is -2.13. The number of para-hydroxylation sites is 1. The molecular formula is C23H30N2O. The van der Waals surface area contributed by atoms with Crippen LogP contribution >= 0.6 is 0 Å². The Labute approximate surface area is 157 Å². The van der Waals surface area contributed by atoms with Crippen LogP contribution in [0.15, 0.2) is 60.7 Å². The van der Waals surface area contributed by atoms with Crippen molar-refractivity contribution in [3.8, 4) is 0 Å². The Morgan fingerprint density at radius 1 is 1.00 bits per heavy atom. The second-order valence-corrected chi connectivity index (χ2v) is 7.51. The molecule has 2 aromatic rings. The normalized spacial score (nSPS) is 16.0. The van der Waals surface area contributed by atoms with E-state index in [-0.39, 0.29) is 11.8 Å². The van der Waals surface area contributed by atoms with E-state index in [0.717, 1.165) is 44.6 Å². The molecule has 1 fully saturated rings. The highest BCUT2D eigenvalue weighted by molar-refractivity contribution is 5.95. The molecule has 0 bridgehead atoms. The maximum Gasteiger partial charge on any atom is 0.229 e. The molecule has 0 spiro atoms. The Kier molecular flexibility index (Phi) is 6.45. The van der Waals surface area contributed by atoms with E-state index in [1.54, 1.807) is 0 Å². The van der Waals surface area contributed by atoms with E-state index in [0.29, 0.717) is 6.04 Å². The molecule has 3 nitrogen and oxygen atoms in total. The van der Waals surface area contributed by atoms with E-state index >= 15 is 0 Å². The van der Waals surface area contributed by atoms with E-state index in [9.17, 15) is 4.79 Å². The van der Waals surface area contributed by atoms with Crippen molar-refractivity contribution in [1.29, 1.82) is 0 Å². The quantitative estimate of drug-likeness (QED) is 0.772. The molecule has 0 atom stereocenters. The van der Waals surface area contributed by atoms with E-state index in [1.165, 1.54) is 5.56 Å². The lowest BCUT2D eigenvalue weighted by molar-refractivity contribution is -0.122. The average Bonchev–Trinajstić information content (AvgIpc) is 2.69. The molecule has 0 aliphatic carbocycles. The van der Waals surface area contributed by atoms with Crippen LogP contribution in [0.2, 0.25) is 0 Å². The Morgan fingerprint density at radius 3 is 2.15 bits per heavy atom. The van der Waals surface area contributed by atoms with E-state index in [4.69, 9.17) is 0 Å². The summed E-state index contributed by atoms with van der Waals surface area (Å²) in [5.41, 5.74) is 2.43. The summed E-state index contributed by atoms with van der Waals surface area (Å²) in [5.74, 6) is 0.255. The van der Waals surface area contributed by atoms with Crippen LogP contribution in [0.5, 0.6) is 0 Å². The summed E-state index contributed by atoms with van der Waals surface area (Å²) < 4.78 is 0. The van der Waals surface area contributed by atoms with Crippen LogP contribution in [0.25, 0.3) is 0 Å². The average molecular weight is 351 g/mol. The van der Waals surface area contributed by atoms with Crippen LogP contribution in [0.3, 0.4) is 0 Å². The molecule has 0 N–H and O–H groups in total. The van der Waals surface area contributed by atoms with Gasteiger partial charge in [-0.3, -0.25) is 4.79 Å². The molecular weight excluding hydrogens is 320 g/mol. The minimum Gasteiger partial charge on any atom is -0.309 e. The molecule has 3 heteroatoms. The third-order valence-corrected chi connectivity index (χ3v) is 5.25. The van der Waals surface area contributed by atoms with Gasteiger partial charge in [0.15, 0.2) is 0 Å². The van der Waals surface area contributed by atoms with Gasteiger partial charge in [0.2, 0.25) is 5.91 Å². The highest BCUT2D eigenvalue weighted by Gasteiger charge is 2.30. The van der Waals surface area contributed by atoms with Crippen molar-refractivity contribution in [2.24, 2.45) is 5.92 Å². The maximum absolute atomic E-state index is 12.8. The molecule has 1 heterocycles. The zero-order valence-electron chi connectivity index (χ0n) is 16.0. The predicted octanol–water partition coefficient (Wildman–Crippen LogP) is 4.38. The number of likely N-dealkylation sites (tertiary alicyclic amines) is 1. The van der Waals surface area contributed by atoms with Gasteiger partial charge < -0.3 is 9.80 Å². The van der Waals surface area contributed by atoms with Crippen LogP contribution in [-0.4, -0.2) is 36.5 Å². The molecule has 1 saturated heterocycles. The van der Waals surface area contributed by atoms with Crippen molar-refractivity contribution >= 4 is 11.6 Å². The SMILES string of the molecule is CC(C)C(=O)N(c1ccccc1)C1CCN(CCc2ccccc2)CC1. The molecule has 1 aliphatic rings. The molecule has 0 unspecified atom stereocenters. The zero-order chi connectivity index (χ0) is 18.4. The smallest absolute Gasteiger partial charge is 0.229 e. The summed E-state index contributed by atoms with van der Waals surface area (Å²) in [4.78, 5) is 17.4. The third-order valence-electron chi connectivity index (χ3n) is 5.25. The second kappa shape index (κ2) is 9.00. The minimum atomic E-state index is 0.0197. The van der Waals surface area contributed by atoms with E-state index in [2.05, 4.69) is 52.3 Å². The molecule has 1 aliphatic heterocycles. The first-order valence-electron chi connectivity index (χ1n) is 9.79. The number of hydrogen-bond donors (Lipinski definition) is 0. The van der Waals surface area contributed by atoms with Crippen LogP contribution in [0.4, 0.5) is 5.69 Å². The fraction of sp³-hybridized carbons (Fsp3) is 0.435. The highest BCUT2D eigenvalue weighted by Crippen LogP contribution is 2.25. The first-order chi connectivity index (χ1) is 12.6. The van der Waals surface area contributed by atoms with Crippen molar-refractivity contribution in [3.63, 3.8) is 0 Å². The molecule has 3 rings (SSSR count). The Balaban J connectivity index is 1.60. The Morgan fingerprint density at radius 2 is 1.58 bits per heavy atom. The van der Waals surface area contributed by atoms with Gasteiger partial charge in [-0.2, -0.15) is 0 Å². The lowest BCUT2D eigenvalue weighted by Crippen LogP contribution is -2.49. The second-order valence-electron chi connectivity index (χ2n) is 7.51. The van der Waals surface area contributed by atoms with Crippen LogP contribution in [0, 0.1) is 5.92 Å². The first kappa shape index (κ1) is 18.7. The molecule has 0 radical (unpaired) electrons. The van der Waals surface area contributed by atoms with Gasteiger partial charge in [0.05, 0.1) is 0 Å². The summed E-state index contributed by atoms with van der Waals surface area (Å²) >= 11 is 0. The van der Waals surface area contributed by atoms with Crippen molar-refractivity contribution < 1.29 is 4.79 Å². The van der Waals surface area contributed by atoms with Gasteiger partial charge in [-0.15, -0.1) is 0 Å². The number of amides is 1. The monoisotopic (exact) mass is 350 g/mol. The summed E-state index contributed by atoms with van der Waals surface area (Å²) in [7, 11) is 0. The van der Waals surface area contributed by atoms with Crippen LogP contribution in [-0.2, 0) is 11.2 Å². The Bertz CT molecular complexity index is 676. The highest BCUT2D eigenvalue weighted by atomic mass is 16.2. The molecule has 138 valence electrons. The number of nitrogens with zero attached hydrogens (tertiary/aromatic N) is 2. The van der Waals surface area contributed by atoms with Gasteiger partial charge in [-0.25, -0.2) is 0 Å². The largest absolute Gasteiger partial charge is 0.309 e. The van der Waals surface area contributed by atoms with Crippen molar-refractivity contribution in [3.05, 3.63) is 66.2 Å². The van der Waals surface area contributed by atoms with Crippen molar-refractivity contribution in [2.75, 3.05) is 24.5 Å². The number of rotatable bonds is 6. The minimum absolute atomic E-state index is 0.0197. The fourth-order valence-electron chi connectivity index (χ4n) is 3.72. The lowest BCUT2D eigenvalue weighted by Gasteiger charge is -2.39. The molecule has 1 amide bonds. The van der Waals surface area contributed by atoms with E-state index < -0.39 is 0 Å². The van der Waals surface area contributed by atoms with Gasteiger partial charge in [0.1, 0.15) is 0 Å². The topological polar surface area (TPSA) is 23.6 Å². The number of hydrogen-bond acceptors (Lipinski definition) is 2. The number of carbonyl (C=O) groups excluding carboxylic acids is 1. The first-order valence-corrected chi connectivity index (χ1v) is 9.79. The fourth-order valence-corrected chi connectivity index (χ4v) is 3.72. The number of anilines is 1. The van der Waals surface area contributed by atoms with Gasteiger partial charge in [0, 0.05) is 37.3 Å². The number of carbonyl (C=O) groups is 1. The van der Waals surface area contributed by atoms with Crippen molar-refractivity contribution in [1.82, 2.24) is 4.90 Å². The zero-order valence-corrected chi connectivity index (χ0v) is 16.0. The van der Waals surface area contributed by atoms with Crippen molar-refractivity contribution in [2.45, 2.75) is 39.2 Å². The van der Waals surface area contributed by atoms with Crippen LogP contribution < -0.4 is 4.90 Å². The summed E-state index contributed by atoms with van der Waals surface area (Å²) in [6.07, 6.45) is 3.18. The molecule has 0 aromatic heterocycles. The van der Waals surface area contributed by atoms with E-state index in [1.807, 2.05) is 32.0 Å². The predicted molar refractivity (Wildman–Crippen MR) is 108 cm³/mol. The van der Waals surface area contributed by atoms with Crippen LogP contribution in [0.1, 0.15) is 32.3 Å². The summed E-state index contributed by atoms with van der Waals surface area (Å²) in [6.45, 7) is 7.21. The molecule has 2 aromatic carbocycles. The number of piperidine rings is 1. The van der Waals surface area contributed by atoms with Gasteiger partial charge in [-0.1, -0.05) is 62.4 Å². The third kappa shape index (κ3) is 4.73. The number of benzene rings is 2.